The summed E-state index contributed by atoms with van der Waals surface area (Å²) < 4.78 is 0. The molecule has 2 N–H and O–H groups in total. The number of fused-ring (bicyclic) bond motifs is 2. The van der Waals surface area contributed by atoms with Crippen molar-refractivity contribution in [1.82, 2.24) is 9.97 Å². The van der Waals surface area contributed by atoms with Crippen LogP contribution in [0.3, 0.4) is 0 Å². The van der Waals surface area contributed by atoms with Crippen LogP contribution in [0, 0.1) is 0 Å². The normalized spacial score (nSPS) is 14.0. The summed E-state index contributed by atoms with van der Waals surface area (Å²) in [4.78, 5) is 19.9. The van der Waals surface area contributed by atoms with E-state index in [-0.39, 0.29) is 17.1 Å². The van der Waals surface area contributed by atoms with Crippen LogP contribution in [0.2, 0.25) is 5.02 Å². The lowest BCUT2D eigenvalue weighted by molar-refractivity contribution is 0.105. The number of rotatable bonds is 1. The molecule has 1 aliphatic carbocycles. The molecule has 0 bridgehead atoms. The van der Waals surface area contributed by atoms with Gasteiger partial charge in [-0.15, -0.1) is 0 Å². The van der Waals surface area contributed by atoms with Gasteiger partial charge in [-0.05, 0) is 18.2 Å². The lowest BCUT2D eigenvalue weighted by Gasteiger charge is -1.96. The van der Waals surface area contributed by atoms with E-state index >= 15 is 0 Å². The average Bonchev–Trinajstić information content (AvgIpc) is 2.99. The number of Topliss-reactive ketones (excluding diaryl/α,β-unsaturated/α-hetero) is 1. The summed E-state index contributed by atoms with van der Waals surface area (Å²) >= 11 is 5.94. The smallest absolute Gasteiger partial charge is 0.201 e. The third kappa shape index (κ3) is 1.69. The Morgan fingerprint density at radius 1 is 1.10 bits per heavy atom. The number of aliphatic hydroxyl groups excluding tert-OH is 1. The fourth-order valence-corrected chi connectivity index (χ4v) is 2.76. The van der Waals surface area contributed by atoms with E-state index < -0.39 is 0 Å². The number of allylic oxidation sites excluding steroid dienone is 1. The minimum Gasteiger partial charge on any atom is -0.506 e. The van der Waals surface area contributed by atoms with Gasteiger partial charge in [0.05, 0.1) is 11.0 Å². The number of hydrogen-bond donors (Lipinski definition) is 2. The predicted molar refractivity (Wildman–Crippen MR) is 81.3 cm³/mol. The molecule has 0 atom stereocenters. The van der Waals surface area contributed by atoms with Gasteiger partial charge in [0.1, 0.15) is 17.2 Å². The van der Waals surface area contributed by atoms with E-state index in [2.05, 4.69) is 9.97 Å². The minimum absolute atomic E-state index is 0.0410. The zero-order valence-electron chi connectivity index (χ0n) is 10.7. The topological polar surface area (TPSA) is 66.0 Å². The van der Waals surface area contributed by atoms with E-state index in [0.29, 0.717) is 27.5 Å². The molecule has 0 radical (unpaired) electrons. The van der Waals surface area contributed by atoms with E-state index in [0.717, 1.165) is 5.52 Å². The fraction of sp³-hybridized carbons (Fsp3) is 0. The van der Waals surface area contributed by atoms with E-state index in [1.807, 2.05) is 0 Å². The number of hydrogen-bond acceptors (Lipinski definition) is 3. The lowest BCUT2D eigenvalue weighted by atomic mass is 10.1. The Hall–Kier alpha value is -2.59. The van der Waals surface area contributed by atoms with Gasteiger partial charge >= 0.3 is 0 Å². The van der Waals surface area contributed by atoms with Gasteiger partial charge in [0.25, 0.3) is 0 Å². The van der Waals surface area contributed by atoms with Gasteiger partial charge in [-0.2, -0.15) is 0 Å². The Bertz CT molecular complexity index is 940. The lowest BCUT2D eigenvalue weighted by Crippen LogP contribution is -1.99. The maximum Gasteiger partial charge on any atom is 0.201 e. The van der Waals surface area contributed by atoms with Crippen molar-refractivity contribution >= 4 is 39.7 Å². The van der Waals surface area contributed by atoms with Crippen LogP contribution in [0.4, 0.5) is 0 Å². The molecule has 3 aromatic rings. The maximum atomic E-state index is 12.4. The number of imidazole rings is 1. The Balaban J connectivity index is 1.93. The summed E-state index contributed by atoms with van der Waals surface area (Å²) in [6.45, 7) is 0. The largest absolute Gasteiger partial charge is 0.506 e. The monoisotopic (exact) mass is 296 g/mol. The number of nitrogens with one attached hydrogen (secondary N) is 1. The third-order valence-corrected chi connectivity index (χ3v) is 3.81. The highest BCUT2D eigenvalue weighted by molar-refractivity contribution is 6.38. The molecule has 5 heteroatoms. The van der Waals surface area contributed by atoms with Gasteiger partial charge in [0.15, 0.2) is 0 Å². The van der Waals surface area contributed by atoms with Gasteiger partial charge < -0.3 is 10.1 Å². The molecule has 0 amide bonds. The summed E-state index contributed by atoms with van der Waals surface area (Å²) in [5.41, 5.74) is 2.64. The molecule has 0 spiro atoms. The highest BCUT2D eigenvalue weighted by Crippen LogP contribution is 2.36. The Morgan fingerprint density at radius 2 is 1.86 bits per heavy atom. The maximum absolute atomic E-state index is 12.4. The number of carbonyl (C=O) groups is 1. The fourth-order valence-electron chi connectivity index (χ4n) is 2.58. The Kier molecular flexibility index (Phi) is 2.43. The number of aliphatic hydroxyl groups is 1. The highest BCUT2D eigenvalue weighted by Gasteiger charge is 2.32. The molecule has 0 fully saturated rings. The van der Waals surface area contributed by atoms with E-state index in [1.54, 1.807) is 42.5 Å². The summed E-state index contributed by atoms with van der Waals surface area (Å²) in [7, 11) is 0. The molecule has 1 aromatic heterocycles. The van der Waals surface area contributed by atoms with Crippen molar-refractivity contribution in [2.24, 2.45) is 0 Å². The zero-order chi connectivity index (χ0) is 14.6. The van der Waals surface area contributed by atoms with Crippen molar-refractivity contribution in [2.75, 3.05) is 0 Å². The molecule has 4 nitrogen and oxygen atoms in total. The second-order valence-corrected chi connectivity index (χ2v) is 5.28. The van der Waals surface area contributed by atoms with Gasteiger partial charge in [0.2, 0.25) is 5.78 Å². The van der Waals surface area contributed by atoms with E-state index in [1.165, 1.54) is 0 Å². The molecular formula is C16H9ClN2O2. The molecule has 102 valence electrons. The molecule has 0 aliphatic heterocycles. The van der Waals surface area contributed by atoms with E-state index in [4.69, 9.17) is 11.6 Å². The highest BCUT2D eigenvalue weighted by atomic mass is 35.5. The summed E-state index contributed by atoms with van der Waals surface area (Å²) in [5.74, 6) is 0.0833. The molecule has 2 aromatic carbocycles. The number of benzene rings is 2. The van der Waals surface area contributed by atoms with Crippen molar-refractivity contribution in [3.8, 4) is 0 Å². The number of nitrogens with zero attached hydrogens (tertiary/aromatic N) is 1. The molecular weight excluding hydrogens is 288 g/mol. The Morgan fingerprint density at radius 3 is 2.62 bits per heavy atom. The Labute approximate surface area is 124 Å². The van der Waals surface area contributed by atoms with Crippen LogP contribution in [0.15, 0.2) is 42.5 Å². The van der Waals surface area contributed by atoms with E-state index in [9.17, 15) is 9.90 Å². The second-order valence-electron chi connectivity index (χ2n) is 4.85. The molecule has 4 rings (SSSR count). The van der Waals surface area contributed by atoms with Gasteiger partial charge in [-0.3, -0.25) is 4.79 Å². The van der Waals surface area contributed by atoms with Gasteiger partial charge in [-0.1, -0.05) is 35.9 Å². The van der Waals surface area contributed by atoms with Crippen LogP contribution in [-0.4, -0.2) is 20.9 Å². The number of ketones is 1. The first-order valence-corrected chi connectivity index (χ1v) is 6.76. The van der Waals surface area contributed by atoms with Crippen LogP contribution in [0.1, 0.15) is 21.7 Å². The molecule has 1 heterocycles. The number of H-pyrrole nitrogens is 1. The van der Waals surface area contributed by atoms with Crippen LogP contribution < -0.4 is 0 Å². The van der Waals surface area contributed by atoms with Gasteiger partial charge in [-0.25, -0.2) is 4.98 Å². The third-order valence-electron chi connectivity index (χ3n) is 3.57. The first kappa shape index (κ1) is 12.2. The van der Waals surface area contributed by atoms with Crippen LogP contribution in [0.5, 0.6) is 0 Å². The summed E-state index contributed by atoms with van der Waals surface area (Å²) in [5, 5.41) is 10.9. The van der Waals surface area contributed by atoms with Crippen LogP contribution in [-0.2, 0) is 0 Å². The number of carbonyl (C=O) groups excluding carboxylic acids is 1. The second kappa shape index (κ2) is 4.20. The molecule has 0 saturated heterocycles. The average molecular weight is 297 g/mol. The first-order valence-electron chi connectivity index (χ1n) is 6.38. The molecule has 1 aliphatic rings. The predicted octanol–water partition coefficient (Wildman–Crippen LogP) is 3.84. The zero-order valence-corrected chi connectivity index (χ0v) is 11.5. The summed E-state index contributed by atoms with van der Waals surface area (Å²) in [6.07, 6.45) is 0. The first-order chi connectivity index (χ1) is 10.1. The van der Waals surface area contributed by atoms with Crippen molar-refractivity contribution in [3.05, 3.63) is 64.4 Å². The van der Waals surface area contributed by atoms with Crippen molar-refractivity contribution in [1.29, 1.82) is 0 Å². The summed E-state index contributed by atoms with van der Waals surface area (Å²) in [6, 6.07) is 12.2. The SMILES string of the molecule is O=C1C(c2nc3ccc(Cl)cc3[nH]2)=C(O)c2ccccc21. The molecule has 0 unspecified atom stereocenters. The van der Waals surface area contributed by atoms with Crippen molar-refractivity contribution in [2.45, 2.75) is 0 Å². The van der Waals surface area contributed by atoms with Gasteiger partial charge in [0, 0.05) is 16.1 Å². The number of halogens is 1. The molecule has 21 heavy (non-hydrogen) atoms. The van der Waals surface area contributed by atoms with Crippen LogP contribution >= 0.6 is 11.6 Å². The minimum atomic E-state index is -0.228. The van der Waals surface area contributed by atoms with Crippen LogP contribution in [0.25, 0.3) is 22.4 Å². The molecule has 0 saturated carbocycles. The quantitative estimate of drug-likeness (QED) is 0.717. The van der Waals surface area contributed by atoms with Crippen molar-refractivity contribution in [3.63, 3.8) is 0 Å². The standard InChI is InChI=1S/C16H9ClN2O2/c17-8-5-6-11-12(7-8)19-16(18-11)13-14(20)9-3-1-2-4-10(9)15(13)21/h1-7,20H,(H,18,19). The number of aromatic amines is 1. The van der Waals surface area contributed by atoms with Crippen molar-refractivity contribution < 1.29 is 9.90 Å². The number of aromatic nitrogens is 2.